The van der Waals surface area contributed by atoms with E-state index in [1.807, 2.05) is 0 Å². The normalized spacial score (nSPS) is 19.3. The summed E-state index contributed by atoms with van der Waals surface area (Å²) in [4.78, 5) is 41.9. The zero-order valence-electron chi connectivity index (χ0n) is 13.4. The van der Waals surface area contributed by atoms with Crippen molar-refractivity contribution in [3.63, 3.8) is 0 Å². The highest BCUT2D eigenvalue weighted by atomic mass is 16.7. The van der Waals surface area contributed by atoms with E-state index in [0.29, 0.717) is 37.7 Å². The Labute approximate surface area is 139 Å². The second-order valence-corrected chi connectivity index (χ2v) is 6.14. The summed E-state index contributed by atoms with van der Waals surface area (Å²) in [5, 5.41) is 0.548. The van der Waals surface area contributed by atoms with E-state index in [4.69, 9.17) is 14.3 Å². The van der Waals surface area contributed by atoms with Crippen LogP contribution in [0.15, 0.2) is 24.3 Å². The standard InChI is InChI=1S/C17H19NO6/c1-22-11-17(6-8-23-9-7-17)10-14(19)24-18-15(20)12-4-2-3-5-13(12)16(18)21/h2-5H,6-11H2,1H3. The van der Waals surface area contributed by atoms with Gasteiger partial charge in [0.2, 0.25) is 0 Å². The lowest BCUT2D eigenvalue weighted by Crippen LogP contribution is -2.39. The van der Waals surface area contributed by atoms with Gasteiger partial charge < -0.3 is 14.3 Å². The average molecular weight is 333 g/mol. The number of methoxy groups -OCH3 is 1. The number of amides is 2. The van der Waals surface area contributed by atoms with Crippen LogP contribution in [-0.4, -0.2) is 49.8 Å². The number of carbonyl (C=O) groups excluding carboxylic acids is 3. The van der Waals surface area contributed by atoms with Crippen molar-refractivity contribution >= 4 is 17.8 Å². The predicted octanol–water partition coefficient (Wildman–Crippen LogP) is 1.57. The molecule has 0 atom stereocenters. The molecule has 0 saturated carbocycles. The van der Waals surface area contributed by atoms with Gasteiger partial charge in [-0.15, -0.1) is 0 Å². The van der Waals surface area contributed by atoms with Gasteiger partial charge in [-0.25, -0.2) is 4.79 Å². The maximum absolute atomic E-state index is 12.3. The Bertz CT molecular complexity index is 624. The van der Waals surface area contributed by atoms with Gasteiger partial charge in [0.25, 0.3) is 11.8 Å². The summed E-state index contributed by atoms with van der Waals surface area (Å²) in [7, 11) is 1.58. The molecule has 0 N–H and O–H groups in total. The number of benzene rings is 1. The summed E-state index contributed by atoms with van der Waals surface area (Å²) in [5.41, 5.74) is 0.101. The minimum atomic E-state index is -0.622. The Morgan fingerprint density at radius 3 is 2.29 bits per heavy atom. The molecular weight excluding hydrogens is 314 g/mol. The van der Waals surface area contributed by atoms with Gasteiger partial charge in [-0.05, 0) is 25.0 Å². The van der Waals surface area contributed by atoms with Crippen LogP contribution in [0, 0.1) is 5.41 Å². The zero-order chi connectivity index (χ0) is 17.2. The van der Waals surface area contributed by atoms with Gasteiger partial charge in [0.15, 0.2) is 0 Å². The van der Waals surface area contributed by atoms with Crippen LogP contribution in [0.5, 0.6) is 0 Å². The summed E-state index contributed by atoms with van der Waals surface area (Å²) in [6, 6.07) is 6.39. The van der Waals surface area contributed by atoms with Crippen LogP contribution in [0.4, 0.5) is 0 Å². The van der Waals surface area contributed by atoms with Crippen LogP contribution < -0.4 is 0 Å². The molecular formula is C17H19NO6. The highest BCUT2D eigenvalue weighted by Gasteiger charge is 2.41. The Hall–Kier alpha value is -2.25. The number of carbonyl (C=O) groups is 3. The summed E-state index contributed by atoms with van der Waals surface area (Å²) >= 11 is 0. The van der Waals surface area contributed by atoms with Crippen LogP contribution in [0.1, 0.15) is 40.0 Å². The molecule has 0 aliphatic carbocycles. The fraction of sp³-hybridized carbons (Fsp3) is 0.471. The summed E-state index contributed by atoms with van der Waals surface area (Å²) in [5.74, 6) is -1.85. The summed E-state index contributed by atoms with van der Waals surface area (Å²) < 4.78 is 10.6. The van der Waals surface area contributed by atoms with Crippen LogP contribution in [0.25, 0.3) is 0 Å². The van der Waals surface area contributed by atoms with Crippen molar-refractivity contribution in [3.8, 4) is 0 Å². The number of ether oxygens (including phenoxy) is 2. The van der Waals surface area contributed by atoms with Gasteiger partial charge >= 0.3 is 5.97 Å². The number of fused-ring (bicyclic) bond motifs is 1. The molecule has 2 aliphatic rings. The first-order chi connectivity index (χ1) is 11.6. The van der Waals surface area contributed by atoms with Crippen molar-refractivity contribution in [2.24, 2.45) is 5.41 Å². The lowest BCUT2D eigenvalue weighted by molar-refractivity contribution is -0.174. The van der Waals surface area contributed by atoms with Crippen LogP contribution in [0.3, 0.4) is 0 Å². The number of hydrogen-bond acceptors (Lipinski definition) is 6. The van der Waals surface area contributed by atoms with Gasteiger partial charge in [-0.1, -0.05) is 17.2 Å². The van der Waals surface area contributed by atoms with Crippen molar-refractivity contribution in [2.45, 2.75) is 19.3 Å². The van der Waals surface area contributed by atoms with Crippen LogP contribution >= 0.6 is 0 Å². The largest absolute Gasteiger partial charge is 0.384 e. The van der Waals surface area contributed by atoms with Crippen molar-refractivity contribution in [1.82, 2.24) is 5.06 Å². The molecule has 24 heavy (non-hydrogen) atoms. The molecule has 1 aromatic carbocycles. The van der Waals surface area contributed by atoms with Crippen molar-refractivity contribution in [2.75, 3.05) is 26.9 Å². The Kier molecular flexibility index (Phi) is 4.64. The molecule has 2 aliphatic heterocycles. The zero-order valence-corrected chi connectivity index (χ0v) is 13.4. The van der Waals surface area contributed by atoms with E-state index >= 15 is 0 Å². The number of hydroxylamine groups is 2. The SMILES string of the molecule is COCC1(CC(=O)ON2C(=O)c3ccccc3C2=O)CCOCC1. The maximum Gasteiger partial charge on any atom is 0.333 e. The van der Waals surface area contributed by atoms with E-state index < -0.39 is 17.8 Å². The fourth-order valence-corrected chi connectivity index (χ4v) is 3.17. The molecule has 1 fully saturated rings. The van der Waals surface area contributed by atoms with Gasteiger partial charge in [0, 0.05) is 25.7 Å². The summed E-state index contributed by atoms with van der Waals surface area (Å²) in [6.07, 6.45) is 1.40. The molecule has 3 rings (SSSR count). The molecule has 0 bridgehead atoms. The fourth-order valence-electron chi connectivity index (χ4n) is 3.17. The Balaban J connectivity index is 1.69. The molecule has 7 heteroatoms. The molecule has 0 spiro atoms. The Morgan fingerprint density at radius 2 is 1.75 bits per heavy atom. The topological polar surface area (TPSA) is 82.1 Å². The number of imide groups is 1. The van der Waals surface area contributed by atoms with Crippen molar-refractivity contribution < 1.29 is 28.7 Å². The average Bonchev–Trinajstić information content (AvgIpc) is 2.81. The van der Waals surface area contributed by atoms with Crippen LogP contribution in [0.2, 0.25) is 0 Å². The molecule has 0 unspecified atom stereocenters. The number of rotatable bonds is 5. The second-order valence-electron chi connectivity index (χ2n) is 6.14. The molecule has 2 amide bonds. The third-order valence-electron chi connectivity index (χ3n) is 4.47. The minimum Gasteiger partial charge on any atom is -0.384 e. The first-order valence-corrected chi connectivity index (χ1v) is 7.82. The lowest BCUT2D eigenvalue weighted by Gasteiger charge is -2.35. The van der Waals surface area contributed by atoms with Gasteiger partial charge in [0.1, 0.15) is 0 Å². The first kappa shape index (κ1) is 16.6. The van der Waals surface area contributed by atoms with E-state index in [0.717, 1.165) is 0 Å². The van der Waals surface area contributed by atoms with Crippen LogP contribution in [-0.2, 0) is 19.1 Å². The first-order valence-electron chi connectivity index (χ1n) is 7.82. The van der Waals surface area contributed by atoms with E-state index in [-0.39, 0.29) is 23.0 Å². The lowest BCUT2D eigenvalue weighted by atomic mass is 9.78. The molecule has 1 aromatic rings. The minimum absolute atomic E-state index is 0.0671. The van der Waals surface area contributed by atoms with E-state index in [1.165, 1.54) is 12.1 Å². The Morgan fingerprint density at radius 1 is 1.17 bits per heavy atom. The van der Waals surface area contributed by atoms with Gasteiger partial charge in [-0.3, -0.25) is 9.59 Å². The van der Waals surface area contributed by atoms with Gasteiger partial charge in [-0.2, -0.15) is 0 Å². The second kappa shape index (κ2) is 6.70. The number of hydrogen-bond donors (Lipinski definition) is 0. The van der Waals surface area contributed by atoms with Crippen molar-refractivity contribution in [1.29, 1.82) is 0 Å². The number of nitrogens with zero attached hydrogens (tertiary/aromatic N) is 1. The molecule has 2 heterocycles. The molecule has 128 valence electrons. The summed E-state index contributed by atoms with van der Waals surface area (Å²) in [6.45, 7) is 1.49. The van der Waals surface area contributed by atoms with Gasteiger partial charge in [0.05, 0.1) is 24.2 Å². The van der Waals surface area contributed by atoms with Crippen molar-refractivity contribution in [3.05, 3.63) is 35.4 Å². The quantitative estimate of drug-likeness (QED) is 0.761. The van der Waals surface area contributed by atoms with E-state index in [1.54, 1.807) is 19.2 Å². The van der Waals surface area contributed by atoms with E-state index in [9.17, 15) is 14.4 Å². The molecule has 1 saturated heterocycles. The maximum atomic E-state index is 12.3. The van der Waals surface area contributed by atoms with E-state index in [2.05, 4.69) is 0 Å². The highest BCUT2D eigenvalue weighted by Crippen LogP contribution is 2.35. The molecule has 0 aromatic heterocycles. The monoisotopic (exact) mass is 333 g/mol. The molecule has 0 radical (unpaired) electrons. The third kappa shape index (κ3) is 3.05. The smallest absolute Gasteiger partial charge is 0.333 e. The molecule has 7 nitrogen and oxygen atoms in total. The highest BCUT2D eigenvalue weighted by molar-refractivity contribution is 6.20. The third-order valence-corrected chi connectivity index (χ3v) is 4.47. The predicted molar refractivity (Wildman–Crippen MR) is 82.0 cm³/mol.